The first-order valence-electron chi connectivity index (χ1n) is 6.27. The summed E-state index contributed by atoms with van der Waals surface area (Å²) in [7, 11) is 1.35. The standard InChI is InChI=1S/C14H16O4/c1-17-13(15)9-5-6-10-11(8-9)18-12-4-2-3-7-14(10,12)16/h5-6,8,12,16H,2-4,7H2,1H3. The molecule has 0 bridgehead atoms. The molecule has 1 aromatic rings. The van der Waals surface area contributed by atoms with E-state index >= 15 is 0 Å². The second kappa shape index (κ2) is 3.99. The van der Waals surface area contributed by atoms with Crippen LogP contribution in [0.1, 0.15) is 41.6 Å². The van der Waals surface area contributed by atoms with Gasteiger partial charge in [0.1, 0.15) is 17.5 Å². The first-order chi connectivity index (χ1) is 8.65. The number of aliphatic hydroxyl groups is 1. The molecule has 1 saturated carbocycles. The fraction of sp³-hybridized carbons (Fsp3) is 0.500. The number of rotatable bonds is 1. The Labute approximate surface area is 106 Å². The summed E-state index contributed by atoms with van der Waals surface area (Å²) in [6.07, 6.45) is 3.49. The smallest absolute Gasteiger partial charge is 0.337 e. The molecule has 0 aromatic heterocycles. The molecule has 2 unspecified atom stereocenters. The summed E-state index contributed by atoms with van der Waals surface area (Å²) in [5.41, 5.74) is 0.390. The lowest BCUT2D eigenvalue weighted by Gasteiger charge is -2.33. The molecule has 4 heteroatoms. The summed E-state index contributed by atoms with van der Waals surface area (Å²) in [6.45, 7) is 0. The van der Waals surface area contributed by atoms with Gasteiger partial charge >= 0.3 is 5.97 Å². The monoisotopic (exact) mass is 248 g/mol. The van der Waals surface area contributed by atoms with Crippen LogP contribution in [0.5, 0.6) is 5.75 Å². The van der Waals surface area contributed by atoms with Crippen LogP contribution in [0.3, 0.4) is 0 Å². The van der Waals surface area contributed by atoms with Gasteiger partial charge < -0.3 is 14.6 Å². The van der Waals surface area contributed by atoms with Gasteiger partial charge in [0.25, 0.3) is 0 Å². The lowest BCUT2D eigenvalue weighted by Crippen LogP contribution is -2.40. The van der Waals surface area contributed by atoms with Crippen LogP contribution in [0.4, 0.5) is 0 Å². The molecule has 96 valence electrons. The zero-order valence-corrected chi connectivity index (χ0v) is 10.3. The van der Waals surface area contributed by atoms with E-state index in [1.165, 1.54) is 7.11 Å². The Hall–Kier alpha value is -1.55. The van der Waals surface area contributed by atoms with Gasteiger partial charge in [0.15, 0.2) is 0 Å². The van der Waals surface area contributed by atoms with E-state index in [1.807, 2.05) is 0 Å². The normalized spacial score (nSPS) is 29.1. The third-order valence-electron chi connectivity index (χ3n) is 3.95. The van der Waals surface area contributed by atoms with Crippen LogP contribution < -0.4 is 4.74 Å². The molecule has 0 amide bonds. The molecule has 3 rings (SSSR count). The van der Waals surface area contributed by atoms with Gasteiger partial charge in [-0.1, -0.05) is 6.07 Å². The molecule has 4 nitrogen and oxygen atoms in total. The van der Waals surface area contributed by atoms with Gasteiger partial charge in [-0.15, -0.1) is 0 Å². The number of ether oxygens (including phenoxy) is 2. The molecule has 18 heavy (non-hydrogen) atoms. The first-order valence-corrected chi connectivity index (χ1v) is 6.27. The zero-order valence-electron chi connectivity index (χ0n) is 10.3. The van der Waals surface area contributed by atoms with Gasteiger partial charge in [-0.2, -0.15) is 0 Å². The summed E-state index contributed by atoms with van der Waals surface area (Å²) >= 11 is 0. The Morgan fingerprint density at radius 3 is 3.11 bits per heavy atom. The predicted molar refractivity (Wildman–Crippen MR) is 64.6 cm³/mol. The summed E-state index contributed by atoms with van der Waals surface area (Å²) in [4.78, 5) is 11.5. The van der Waals surface area contributed by atoms with Crippen molar-refractivity contribution in [2.24, 2.45) is 0 Å². The third kappa shape index (κ3) is 1.52. The quantitative estimate of drug-likeness (QED) is 0.772. The van der Waals surface area contributed by atoms with Crippen molar-refractivity contribution in [3.8, 4) is 5.75 Å². The van der Waals surface area contributed by atoms with Crippen LogP contribution in [-0.4, -0.2) is 24.3 Å². The van der Waals surface area contributed by atoms with Crippen molar-refractivity contribution in [1.29, 1.82) is 0 Å². The Kier molecular flexibility index (Phi) is 2.55. The molecule has 1 heterocycles. The minimum atomic E-state index is -0.873. The largest absolute Gasteiger partial charge is 0.487 e. The van der Waals surface area contributed by atoms with Gasteiger partial charge in [-0.05, 0) is 37.8 Å². The molecule has 1 aliphatic carbocycles. The average molecular weight is 248 g/mol. The minimum absolute atomic E-state index is 0.172. The highest BCUT2D eigenvalue weighted by molar-refractivity contribution is 5.90. The van der Waals surface area contributed by atoms with E-state index in [2.05, 4.69) is 4.74 Å². The van der Waals surface area contributed by atoms with Crippen molar-refractivity contribution in [3.05, 3.63) is 29.3 Å². The van der Waals surface area contributed by atoms with Crippen molar-refractivity contribution < 1.29 is 19.4 Å². The predicted octanol–water partition coefficient (Wildman–Crippen LogP) is 2.00. The van der Waals surface area contributed by atoms with Gasteiger partial charge in [-0.3, -0.25) is 0 Å². The summed E-state index contributed by atoms with van der Waals surface area (Å²) in [5.74, 6) is 0.232. The number of carbonyl (C=O) groups is 1. The number of hydrogen-bond donors (Lipinski definition) is 1. The molecular weight excluding hydrogens is 232 g/mol. The summed E-state index contributed by atoms with van der Waals surface area (Å²) < 4.78 is 10.5. The Balaban J connectivity index is 2.01. The van der Waals surface area contributed by atoms with Gasteiger partial charge in [-0.25, -0.2) is 4.79 Å². The lowest BCUT2D eigenvalue weighted by molar-refractivity contribution is -0.0674. The summed E-state index contributed by atoms with van der Waals surface area (Å²) in [6, 6.07) is 5.13. The molecule has 1 N–H and O–H groups in total. The van der Waals surface area contributed by atoms with E-state index in [0.29, 0.717) is 11.3 Å². The maximum Gasteiger partial charge on any atom is 0.337 e. The maximum absolute atomic E-state index is 11.5. The zero-order chi connectivity index (χ0) is 12.8. The van der Waals surface area contributed by atoms with Crippen molar-refractivity contribution in [2.45, 2.75) is 37.4 Å². The summed E-state index contributed by atoms with van der Waals surface area (Å²) in [5, 5.41) is 10.7. The van der Waals surface area contributed by atoms with E-state index in [1.54, 1.807) is 18.2 Å². The molecule has 0 saturated heterocycles. The number of benzene rings is 1. The average Bonchev–Trinajstić information content (AvgIpc) is 2.69. The molecular formula is C14H16O4. The molecule has 1 aromatic carbocycles. The fourth-order valence-corrected chi connectivity index (χ4v) is 2.96. The Morgan fingerprint density at radius 2 is 2.33 bits per heavy atom. The SMILES string of the molecule is COC(=O)c1ccc2c(c1)OC1CCCCC21O. The van der Waals surface area contributed by atoms with Crippen LogP contribution in [-0.2, 0) is 10.3 Å². The van der Waals surface area contributed by atoms with E-state index in [-0.39, 0.29) is 12.1 Å². The van der Waals surface area contributed by atoms with Crippen molar-refractivity contribution in [3.63, 3.8) is 0 Å². The maximum atomic E-state index is 11.5. The highest BCUT2D eigenvalue weighted by Gasteiger charge is 2.48. The second-order valence-electron chi connectivity index (χ2n) is 4.98. The Morgan fingerprint density at radius 1 is 1.50 bits per heavy atom. The van der Waals surface area contributed by atoms with Crippen molar-refractivity contribution >= 4 is 5.97 Å². The Bertz CT molecular complexity index is 497. The van der Waals surface area contributed by atoms with Crippen molar-refractivity contribution in [2.75, 3.05) is 7.11 Å². The number of carbonyl (C=O) groups excluding carboxylic acids is 1. The van der Waals surface area contributed by atoms with Crippen LogP contribution >= 0.6 is 0 Å². The number of esters is 1. The molecule has 2 aliphatic rings. The minimum Gasteiger partial charge on any atom is -0.487 e. The molecule has 0 spiro atoms. The molecule has 1 fully saturated rings. The lowest BCUT2D eigenvalue weighted by atomic mass is 9.79. The van der Waals surface area contributed by atoms with Crippen LogP contribution in [0.2, 0.25) is 0 Å². The molecule has 0 radical (unpaired) electrons. The number of fused-ring (bicyclic) bond motifs is 3. The van der Waals surface area contributed by atoms with E-state index in [4.69, 9.17) is 4.74 Å². The van der Waals surface area contributed by atoms with E-state index in [0.717, 1.165) is 31.2 Å². The van der Waals surface area contributed by atoms with Crippen LogP contribution in [0.25, 0.3) is 0 Å². The van der Waals surface area contributed by atoms with Crippen LogP contribution in [0, 0.1) is 0 Å². The molecule has 1 aliphatic heterocycles. The van der Waals surface area contributed by atoms with Gasteiger partial charge in [0.05, 0.1) is 12.7 Å². The van der Waals surface area contributed by atoms with Gasteiger partial charge in [0.2, 0.25) is 0 Å². The topological polar surface area (TPSA) is 55.8 Å². The third-order valence-corrected chi connectivity index (χ3v) is 3.95. The van der Waals surface area contributed by atoms with Crippen LogP contribution in [0.15, 0.2) is 18.2 Å². The highest BCUT2D eigenvalue weighted by atomic mass is 16.5. The second-order valence-corrected chi connectivity index (χ2v) is 4.98. The number of methoxy groups -OCH3 is 1. The first kappa shape index (κ1) is 11.5. The highest BCUT2D eigenvalue weighted by Crippen LogP contribution is 2.48. The van der Waals surface area contributed by atoms with Gasteiger partial charge in [0, 0.05) is 5.56 Å². The van der Waals surface area contributed by atoms with Crippen molar-refractivity contribution in [1.82, 2.24) is 0 Å². The number of hydrogen-bond acceptors (Lipinski definition) is 4. The fourth-order valence-electron chi connectivity index (χ4n) is 2.96. The molecule has 2 atom stereocenters. The van der Waals surface area contributed by atoms with E-state index < -0.39 is 5.60 Å². The van der Waals surface area contributed by atoms with E-state index in [9.17, 15) is 9.90 Å².